The fourth-order valence-electron chi connectivity index (χ4n) is 4.43. The van der Waals surface area contributed by atoms with Crippen molar-refractivity contribution in [1.29, 1.82) is 0 Å². The first-order valence-electron chi connectivity index (χ1n) is 12.0. The molecule has 0 N–H and O–H groups in total. The van der Waals surface area contributed by atoms with Crippen LogP contribution in [0.5, 0.6) is 5.75 Å². The van der Waals surface area contributed by atoms with Crippen LogP contribution in [0.1, 0.15) is 35.4 Å². The third-order valence-corrected chi connectivity index (χ3v) is 8.68. The summed E-state index contributed by atoms with van der Waals surface area (Å²) in [6.45, 7) is 5.52. The normalized spacial score (nSPS) is 15.5. The van der Waals surface area contributed by atoms with Crippen LogP contribution in [0.15, 0.2) is 64.5 Å². The lowest BCUT2D eigenvalue weighted by atomic mass is 9.96. The first-order valence-corrected chi connectivity index (χ1v) is 13.8. The highest BCUT2D eigenvalue weighted by atomic mass is 32.2. The number of aryl methyl sites for hydroxylation is 1. The van der Waals surface area contributed by atoms with E-state index in [1.165, 1.54) is 11.1 Å². The number of thiophene rings is 1. The zero-order valence-electron chi connectivity index (χ0n) is 20.3. The summed E-state index contributed by atoms with van der Waals surface area (Å²) in [5, 5.41) is 1.56. The highest BCUT2D eigenvalue weighted by Gasteiger charge is 2.28. The standard InChI is InChI=1S/C28H30N2O3S2/c1-18(2)23-15-22-24(16-33-23)35-26-25(22)27(31)30(14-13-19-7-5-4-6-8-19)28(29-26)34-17-20-9-11-21(32-3)12-10-20/h4-12,18,23H,13-17H2,1-3H3. The molecule has 2 aromatic heterocycles. The van der Waals surface area contributed by atoms with Gasteiger partial charge in [-0.25, -0.2) is 4.98 Å². The first kappa shape index (κ1) is 24.1. The number of ether oxygens (including phenoxy) is 2. The van der Waals surface area contributed by atoms with Crippen LogP contribution in [0.3, 0.4) is 0 Å². The third-order valence-electron chi connectivity index (χ3n) is 6.53. The van der Waals surface area contributed by atoms with Gasteiger partial charge in [0, 0.05) is 23.6 Å². The number of fused-ring (bicyclic) bond motifs is 3. The van der Waals surface area contributed by atoms with E-state index >= 15 is 0 Å². The number of methoxy groups -OCH3 is 1. The minimum atomic E-state index is 0.0741. The van der Waals surface area contributed by atoms with Crippen molar-refractivity contribution in [2.45, 2.75) is 56.9 Å². The van der Waals surface area contributed by atoms with Crippen molar-refractivity contribution in [3.63, 3.8) is 0 Å². The molecule has 0 radical (unpaired) electrons. The summed E-state index contributed by atoms with van der Waals surface area (Å²) in [6.07, 6.45) is 1.70. The Bertz CT molecular complexity index is 1360. The molecule has 0 saturated carbocycles. The summed E-state index contributed by atoms with van der Waals surface area (Å²) in [6, 6.07) is 18.4. The zero-order valence-corrected chi connectivity index (χ0v) is 22.0. The predicted octanol–water partition coefficient (Wildman–Crippen LogP) is 6.10. The molecular weight excluding hydrogens is 476 g/mol. The fraction of sp³-hybridized carbons (Fsp3) is 0.357. The van der Waals surface area contributed by atoms with Gasteiger partial charge >= 0.3 is 0 Å². The van der Waals surface area contributed by atoms with Crippen molar-refractivity contribution < 1.29 is 9.47 Å². The minimum absolute atomic E-state index is 0.0741. The molecule has 182 valence electrons. The van der Waals surface area contributed by atoms with Crippen molar-refractivity contribution in [3.05, 3.63) is 86.5 Å². The van der Waals surface area contributed by atoms with Crippen LogP contribution >= 0.6 is 23.1 Å². The third kappa shape index (κ3) is 5.17. The van der Waals surface area contributed by atoms with Gasteiger partial charge in [0.15, 0.2) is 5.16 Å². The van der Waals surface area contributed by atoms with Crippen LogP contribution in [-0.2, 0) is 36.5 Å². The topological polar surface area (TPSA) is 53.3 Å². The maximum Gasteiger partial charge on any atom is 0.263 e. The minimum Gasteiger partial charge on any atom is -0.497 e. The molecule has 0 fully saturated rings. The zero-order chi connectivity index (χ0) is 24.4. The SMILES string of the molecule is COc1ccc(CSc2nc3sc4c(c3c(=O)n2CCc2ccccc2)CC(C(C)C)OC4)cc1. The molecule has 2 aromatic carbocycles. The summed E-state index contributed by atoms with van der Waals surface area (Å²) in [5.41, 5.74) is 3.60. The van der Waals surface area contributed by atoms with E-state index in [-0.39, 0.29) is 11.7 Å². The van der Waals surface area contributed by atoms with E-state index in [0.29, 0.717) is 19.1 Å². The lowest BCUT2D eigenvalue weighted by Crippen LogP contribution is -2.29. The Morgan fingerprint density at radius 3 is 2.63 bits per heavy atom. The highest BCUT2D eigenvalue weighted by Crippen LogP contribution is 2.36. The average molecular weight is 507 g/mol. The van der Waals surface area contributed by atoms with Gasteiger partial charge in [-0.05, 0) is 41.2 Å². The van der Waals surface area contributed by atoms with Crippen LogP contribution in [0.2, 0.25) is 0 Å². The molecule has 0 amide bonds. The maximum absolute atomic E-state index is 13.9. The molecule has 7 heteroatoms. The summed E-state index contributed by atoms with van der Waals surface area (Å²) in [4.78, 5) is 21.0. The first-order chi connectivity index (χ1) is 17.0. The van der Waals surface area contributed by atoms with Crippen LogP contribution in [0, 0.1) is 5.92 Å². The quantitative estimate of drug-likeness (QED) is 0.214. The van der Waals surface area contributed by atoms with Gasteiger partial charge in [-0.1, -0.05) is 68.1 Å². The number of nitrogens with zero attached hydrogens (tertiary/aromatic N) is 2. The number of thioether (sulfide) groups is 1. The van der Waals surface area contributed by atoms with Gasteiger partial charge in [0.2, 0.25) is 0 Å². The van der Waals surface area contributed by atoms with E-state index < -0.39 is 0 Å². The Balaban J connectivity index is 1.51. The smallest absolute Gasteiger partial charge is 0.263 e. The van der Waals surface area contributed by atoms with Crippen LogP contribution in [-0.4, -0.2) is 22.8 Å². The molecule has 4 aromatic rings. The molecular formula is C28H30N2O3S2. The Hall–Kier alpha value is -2.61. The predicted molar refractivity (Wildman–Crippen MR) is 144 cm³/mol. The number of hydrogen-bond donors (Lipinski definition) is 0. The fourth-order valence-corrected chi connectivity index (χ4v) is 6.58. The van der Waals surface area contributed by atoms with Gasteiger partial charge in [-0.2, -0.15) is 0 Å². The lowest BCUT2D eigenvalue weighted by Gasteiger charge is -2.26. The molecule has 0 bridgehead atoms. The van der Waals surface area contributed by atoms with Crippen molar-refractivity contribution in [2.75, 3.05) is 7.11 Å². The van der Waals surface area contributed by atoms with E-state index in [1.807, 2.05) is 34.9 Å². The van der Waals surface area contributed by atoms with Crippen LogP contribution in [0.4, 0.5) is 0 Å². The van der Waals surface area contributed by atoms with Crippen LogP contribution in [0.25, 0.3) is 10.2 Å². The largest absolute Gasteiger partial charge is 0.497 e. The molecule has 35 heavy (non-hydrogen) atoms. The molecule has 0 saturated heterocycles. The van der Waals surface area contributed by atoms with E-state index in [1.54, 1.807) is 30.2 Å². The van der Waals surface area contributed by atoms with Gasteiger partial charge in [0.05, 0.1) is 25.2 Å². The number of aromatic nitrogens is 2. The second kappa shape index (κ2) is 10.6. The summed E-state index contributed by atoms with van der Waals surface area (Å²) in [5.74, 6) is 1.98. The van der Waals surface area contributed by atoms with Crippen molar-refractivity contribution >= 4 is 33.3 Å². The molecule has 0 aliphatic carbocycles. The average Bonchev–Trinajstić information content (AvgIpc) is 3.25. The second-order valence-electron chi connectivity index (χ2n) is 9.21. The summed E-state index contributed by atoms with van der Waals surface area (Å²) < 4.78 is 13.2. The Kier molecular flexibility index (Phi) is 7.27. The van der Waals surface area contributed by atoms with E-state index in [9.17, 15) is 4.79 Å². The Morgan fingerprint density at radius 2 is 1.91 bits per heavy atom. The molecule has 5 nitrogen and oxygen atoms in total. The molecule has 0 spiro atoms. The second-order valence-corrected chi connectivity index (χ2v) is 11.2. The van der Waals surface area contributed by atoms with Gasteiger partial charge in [-0.3, -0.25) is 9.36 Å². The number of rotatable bonds is 8. The van der Waals surface area contributed by atoms with Gasteiger partial charge in [-0.15, -0.1) is 11.3 Å². The highest BCUT2D eigenvalue weighted by molar-refractivity contribution is 7.98. The van der Waals surface area contributed by atoms with Gasteiger partial charge < -0.3 is 9.47 Å². The molecule has 1 atom stereocenters. The van der Waals surface area contributed by atoms with E-state index in [0.717, 1.165) is 50.2 Å². The summed E-state index contributed by atoms with van der Waals surface area (Å²) >= 11 is 3.23. The Labute approximate surface area is 214 Å². The van der Waals surface area contributed by atoms with Gasteiger partial charge in [0.1, 0.15) is 10.6 Å². The maximum atomic E-state index is 13.9. The molecule has 3 heterocycles. The van der Waals surface area contributed by atoms with E-state index in [4.69, 9.17) is 14.5 Å². The Morgan fingerprint density at radius 1 is 1.14 bits per heavy atom. The monoisotopic (exact) mass is 506 g/mol. The number of hydrogen-bond acceptors (Lipinski definition) is 6. The van der Waals surface area contributed by atoms with Gasteiger partial charge in [0.25, 0.3) is 5.56 Å². The van der Waals surface area contributed by atoms with E-state index in [2.05, 4.69) is 38.1 Å². The van der Waals surface area contributed by atoms with Crippen LogP contribution < -0.4 is 10.3 Å². The van der Waals surface area contributed by atoms with Crippen molar-refractivity contribution in [1.82, 2.24) is 9.55 Å². The number of benzene rings is 2. The van der Waals surface area contributed by atoms with Crippen molar-refractivity contribution in [3.8, 4) is 5.75 Å². The molecule has 1 unspecified atom stereocenters. The summed E-state index contributed by atoms with van der Waals surface area (Å²) in [7, 11) is 1.67. The van der Waals surface area contributed by atoms with Crippen molar-refractivity contribution in [2.24, 2.45) is 5.92 Å². The molecule has 5 rings (SSSR count). The molecule has 1 aliphatic rings. The lowest BCUT2D eigenvalue weighted by molar-refractivity contribution is 0.00200. The molecule has 1 aliphatic heterocycles.